The molecule has 0 aliphatic rings. The summed E-state index contributed by atoms with van der Waals surface area (Å²) in [7, 11) is -3.60. The third-order valence-electron chi connectivity index (χ3n) is 4.12. The molecule has 0 aliphatic carbocycles. The average Bonchev–Trinajstić information content (AvgIpc) is 2.66. The average molecular weight is 418 g/mol. The molecule has 28 heavy (non-hydrogen) atoms. The fourth-order valence-electron chi connectivity index (χ4n) is 2.87. The molecule has 0 aromatic heterocycles. The van der Waals surface area contributed by atoms with Crippen LogP contribution in [0.1, 0.15) is 5.56 Å². The molecule has 3 aromatic rings. The third kappa shape index (κ3) is 5.47. The molecule has 0 bridgehead atoms. The van der Waals surface area contributed by atoms with Gasteiger partial charge in [-0.15, -0.1) is 0 Å². The Bertz CT molecular complexity index is 1080. The van der Waals surface area contributed by atoms with Gasteiger partial charge in [0.05, 0.1) is 17.3 Å². The predicted octanol–water partition coefficient (Wildman–Crippen LogP) is 3.60. The summed E-state index contributed by atoms with van der Waals surface area (Å²) in [5, 5.41) is 4.89. The van der Waals surface area contributed by atoms with E-state index in [1.54, 1.807) is 30.3 Å². The number of fused-ring (bicyclic) bond motifs is 1. The summed E-state index contributed by atoms with van der Waals surface area (Å²) in [4.78, 5) is 12.0. The predicted molar refractivity (Wildman–Crippen MR) is 111 cm³/mol. The quantitative estimate of drug-likeness (QED) is 0.568. The van der Waals surface area contributed by atoms with Crippen LogP contribution in [0.25, 0.3) is 10.8 Å². The smallest absolute Gasteiger partial charge is 0.235 e. The molecule has 3 rings (SSSR count). The first kappa shape index (κ1) is 20.2. The minimum Gasteiger partial charge on any atom is -0.490 e. The minimum atomic E-state index is -3.60. The largest absolute Gasteiger partial charge is 0.490 e. The summed E-state index contributed by atoms with van der Waals surface area (Å²) < 4.78 is 30.4. The fourth-order valence-corrected chi connectivity index (χ4v) is 4.39. The molecular weight excluding hydrogens is 398 g/mol. The van der Waals surface area contributed by atoms with Gasteiger partial charge in [0.25, 0.3) is 0 Å². The lowest BCUT2D eigenvalue weighted by Gasteiger charge is -2.10. The SMILES string of the molecule is O=C(CS(=O)(=O)Cc1cccc2ccccc12)NCCOc1ccccc1Cl. The number of rotatable bonds is 8. The molecule has 0 fully saturated rings. The van der Waals surface area contributed by atoms with Crippen molar-refractivity contribution in [1.29, 1.82) is 0 Å². The maximum Gasteiger partial charge on any atom is 0.235 e. The number of hydrogen-bond acceptors (Lipinski definition) is 4. The van der Waals surface area contributed by atoms with Crippen molar-refractivity contribution in [3.63, 3.8) is 0 Å². The first-order valence-electron chi connectivity index (χ1n) is 8.76. The minimum absolute atomic E-state index is 0.183. The highest BCUT2D eigenvalue weighted by molar-refractivity contribution is 7.91. The van der Waals surface area contributed by atoms with Crippen molar-refractivity contribution in [2.24, 2.45) is 0 Å². The van der Waals surface area contributed by atoms with Crippen molar-refractivity contribution in [2.75, 3.05) is 18.9 Å². The standard InChI is InChI=1S/C21H20ClNO4S/c22-19-10-3-4-11-20(19)27-13-12-23-21(24)15-28(25,26)14-17-8-5-7-16-6-1-2-9-18(16)17/h1-11H,12-15H2,(H,23,24). The molecule has 0 radical (unpaired) electrons. The van der Waals surface area contributed by atoms with Gasteiger partial charge in [-0.1, -0.05) is 66.2 Å². The second-order valence-corrected chi connectivity index (χ2v) is 8.77. The van der Waals surface area contributed by atoms with Gasteiger partial charge >= 0.3 is 0 Å². The fraction of sp³-hybridized carbons (Fsp3) is 0.190. The van der Waals surface area contributed by atoms with Crippen LogP contribution < -0.4 is 10.1 Å². The maximum atomic E-state index is 12.4. The van der Waals surface area contributed by atoms with Crippen LogP contribution in [0.2, 0.25) is 5.02 Å². The van der Waals surface area contributed by atoms with E-state index in [1.807, 2.05) is 36.4 Å². The zero-order chi connectivity index (χ0) is 20.0. The molecule has 0 spiro atoms. The molecule has 0 heterocycles. The molecule has 0 saturated heterocycles. The maximum absolute atomic E-state index is 12.4. The second-order valence-electron chi connectivity index (χ2n) is 6.30. The first-order chi connectivity index (χ1) is 13.4. The number of sulfone groups is 1. The lowest BCUT2D eigenvalue weighted by molar-refractivity contribution is -0.118. The van der Waals surface area contributed by atoms with Crippen molar-refractivity contribution >= 4 is 38.1 Å². The van der Waals surface area contributed by atoms with Gasteiger partial charge < -0.3 is 10.1 Å². The van der Waals surface area contributed by atoms with E-state index in [-0.39, 0.29) is 18.9 Å². The van der Waals surface area contributed by atoms with Crippen molar-refractivity contribution in [2.45, 2.75) is 5.75 Å². The molecule has 5 nitrogen and oxygen atoms in total. The van der Waals surface area contributed by atoms with Crippen LogP contribution in [0.15, 0.2) is 66.7 Å². The van der Waals surface area contributed by atoms with Gasteiger partial charge in [-0.3, -0.25) is 4.79 Å². The van der Waals surface area contributed by atoms with Crippen molar-refractivity contribution in [3.05, 3.63) is 77.3 Å². The summed E-state index contributed by atoms with van der Waals surface area (Å²) in [6, 6.07) is 20.1. The topological polar surface area (TPSA) is 72.5 Å². The molecule has 146 valence electrons. The van der Waals surface area contributed by atoms with E-state index >= 15 is 0 Å². The number of carbonyl (C=O) groups is 1. The molecule has 0 saturated carbocycles. The van der Waals surface area contributed by atoms with E-state index in [1.165, 1.54) is 0 Å². The van der Waals surface area contributed by atoms with Crippen molar-refractivity contribution in [3.8, 4) is 5.75 Å². The second kappa shape index (κ2) is 9.08. The highest BCUT2D eigenvalue weighted by atomic mass is 35.5. The molecular formula is C21H20ClNO4S. The number of ether oxygens (including phenoxy) is 1. The van der Waals surface area contributed by atoms with Crippen LogP contribution in [0, 0.1) is 0 Å². The highest BCUT2D eigenvalue weighted by Crippen LogP contribution is 2.23. The van der Waals surface area contributed by atoms with Gasteiger partial charge in [0.15, 0.2) is 9.84 Å². The lowest BCUT2D eigenvalue weighted by Crippen LogP contribution is -2.33. The van der Waals surface area contributed by atoms with Gasteiger partial charge in [0.1, 0.15) is 18.1 Å². The molecule has 1 N–H and O–H groups in total. The van der Waals surface area contributed by atoms with Crippen LogP contribution in [-0.2, 0) is 20.4 Å². The van der Waals surface area contributed by atoms with Gasteiger partial charge in [-0.25, -0.2) is 8.42 Å². The van der Waals surface area contributed by atoms with Crippen LogP contribution in [0.5, 0.6) is 5.75 Å². The van der Waals surface area contributed by atoms with Crippen molar-refractivity contribution in [1.82, 2.24) is 5.32 Å². The number of para-hydroxylation sites is 1. The van der Waals surface area contributed by atoms with Gasteiger partial charge in [0, 0.05) is 0 Å². The number of carbonyl (C=O) groups excluding carboxylic acids is 1. The van der Waals surface area contributed by atoms with Crippen LogP contribution >= 0.6 is 11.6 Å². The molecule has 1 amide bonds. The summed E-state index contributed by atoms with van der Waals surface area (Å²) in [6.07, 6.45) is 0. The Morgan fingerprint density at radius 1 is 0.964 bits per heavy atom. The summed E-state index contributed by atoms with van der Waals surface area (Å²) >= 11 is 5.98. The Morgan fingerprint density at radius 2 is 1.68 bits per heavy atom. The van der Waals surface area contributed by atoms with E-state index in [2.05, 4.69) is 5.32 Å². The number of nitrogens with one attached hydrogen (secondary N) is 1. The molecule has 0 aliphatic heterocycles. The number of hydrogen-bond donors (Lipinski definition) is 1. The Balaban J connectivity index is 1.52. The molecule has 3 aromatic carbocycles. The summed E-state index contributed by atoms with van der Waals surface area (Å²) in [6.45, 7) is 0.382. The van der Waals surface area contributed by atoms with Gasteiger partial charge in [-0.05, 0) is 28.5 Å². The summed E-state index contributed by atoms with van der Waals surface area (Å²) in [5.74, 6) is -0.787. The monoisotopic (exact) mass is 417 g/mol. The van der Waals surface area contributed by atoms with E-state index in [9.17, 15) is 13.2 Å². The molecule has 0 unspecified atom stereocenters. The Hall–Kier alpha value is -2.57. The zero-order valence-corrected chi connectivity index (χ0v) is 16.7. The zero-order valence-electron chi connectivity index (χ0n) is 15.1. The summed E-state index contributed by atoms with van der Waals surface area (Å²) in [5.41, 5.74) is 0.688. The highest BCUT2D eigenvalue weighted by Gasteiger charge is 2.18. The third-order valence-corrected chi connectivity index (χ3v) is 5.89. The Kier molecular flexibility index (Phi) is 6.54. The number of amides is 1. The number of halogens is 1. The Morgan fingerprint density at radius 3 is 2.50 bits per heavy atom. The first-order valence-corrected chi connectivity index (χ1v) is 11.0. The van der Waals surface area contributed by atoms with Crippen LogP contribution in [0.3, 0.4) is 0 Å². The lowest BCUT2D eigenvalue weighted by atomic mass is 10.1. The van der Waals surface area contributed by atoms with Gasteiger partial charge in [-0.2, -0.15) is 0 Å². The molecule has 7 heteroatoms. The van der Waals surface area contributed by atoms with Crippen molar-refractivity contribution < 1.29 is 17.9 Å². The van der Waals surface area contributed by atoms with Crippen LogP contribution in [0.4, 0.5) is 0 Å². The van der Waals surface area contributed by atoms with E-state index in [0.29, 0.717) is 16.3 Å². The van der Waals surface area contributed by atoms with Gasteiger partial charge in [0.2, 0.25) is 5.91 Å². The molecule has 0 atom stereocenters. The van der Waals surface area contributed by atoms with Crippen LogP contribution in [-0.4, -0.2) is 33.2 Å². The normalized spacial score (nSPS) is 11.3. The Labute approximate surface area is 169 Å². The van der Waals surface area contributed by atoms with E-state index in [0.717, 1.165) is 10.8 Å². The van der Waals surface area contributed by atoms with E-state index < -0.39 is 21.5 Å². The number of benzene rings is 3. The van der Waals surface area contributed by atoms with E-state index in [4.69, 9.17) is 16.3 Å².